The molecule has 3 rings (SSSR count). The topological polar surface area (TPSA) is 91.0 Å². The first kappa shape index (κ1) is 15.3. The van der Waals surface area contributed by atoms with Gasteiger partial charge >= 0.3 is 0 Å². The molecular weight excluding hydrogens is 304 g/mol. The van der Waals surface area contributed by atoms with E-state index in [1.54, 1.807) is 48.9 Å². The number of benzene rings is 1. The van der Waals surface area contributed by atoms with Crippen LogP contribution in [0.15, 0.2) is 65.4 Å². The smallest absolute Gasteiger partial charge is 0.274 e. The normalized spacial score (nSPS) is 9.96. The molecule has 3 aromatic rings. The summed E-state index contributed by atoms with van der Waals surface area (Å²) in [7, 11) is 0. The van der Waals surface area contributed by atoms with Gasteiger partial charge in [0.25, 0.3) is 5.91 Å². The van der Waals surface area contributed by atoms with Gasteiger partial charge in [0.15, 0.2) is 0 Å². The van der Waals surface area contributed by atoms with E-state index < -0.39 is 0 Å². The molecule has 6 heteroatoms. The van der Waals surface area contributed by atoms with Crippen molar-refractivity contribution in [1.29, 1.82) is 5.26 Å². The summed E-state index contributed by atoms with van der Waals surface area (Å²) >= 11 is 0. The molecule has 0 unspecified atom stereocenters. The molecule has 0 spiro atoms. The molecule has 0 fully saturated rings. The number of pyridine rings is 1. The number of hydrogen-bond donors (Lipinski definition) is 2. The molecule has 1 aromatic carbocycles. The Balaban J connectivity index is 1.66. The van der Waals surface area contributed by atoms with E-state index in [4.69, 9.17) is 9.68 Å². The van der Waals surface area contributed by atoms with E-state index >= 15 is 0 Å². The van der Waals surface area contributed by atoms with Crippen molar-refractivity contribution < 1.29 is 9.21 Å². The van der Waals surface area contributed by atoms with Gasteiger partial charge in [-0.15, -0.1) is 0 Å². The predicted octanol–water partition coefficient (Wildman–Crippen LogP) is 3.41. The van der Waals surface area contributed by atoms with Crippen molar-refractivity contribution in [2.75, 3.05) is 10.6 Å². The predicted molar refractivity (Wildman–Crippen MR) is 89.4 cm³/mol. The van der Waals surface area contributed by atoms with Crippen LogP contribution in [0.4, 0.5) is 11.4 Å². The minimum Gasteiger partial charge on any atom is -0.467 e. The van der Waals surface area contributed by atoms with Crippen molar-refractivity contribution >= 4 is 17.3 Å². The summed E-state index contributed by atoms with van der Waals surface area (Å²) in [5.41, 5.74) is 2.21. The number of furan rings is 1. The summed E-state index contributed by atoms with van der Waals surface area (Å²) in [6.45, 7) is 0.522. The fourth-order valence-electron chi connectivity index (χ4n) is 2.09. The van der Waals surface area contributed by atoms with Crippen LogP contribution < -0.4 is 10.6 Å². The zero-order valence-electron chi connectivity index (χ0n) is 12.7. The third-order valence-electron chi connectivity index (χ3n) is 3.31. The van der Waals surface area contributed by atoms with Gasteiger partial charge in [0, 0.05) is 17.6 Å². The minimum absolute atomic E-state index is 0.295. The molecular formula is C18H14N4O2. The number of aromatic nitrogens is 1. The molecule has 6 nitrogen and oxygen atoms in total. The molecule has 0 atom stereocenters. The molecule has 2 heterocycles. The van der Waals surface area contributed by atoms with Crippen LogP contribution in [-0.4, -0.2) is 10.9 Å². The summed E-state index contributed by atoms with van der Waals surface area (Å²) in [5.74, 6) is 0.483. The van der Waals surface area contributed by atoms with Crippen LogP contribution in [0.25, 0.3) is 0 Å². The number of carbonyl (C=O) groups is 1. The van der Waals surface area contributed by atoms with Crippen molar-refractivity contribution in [3.05, 3.63) is 78.0 Å². The van der Waals surface area contributed by atoms with Crippen molar-refractivity contribution in [2.45, 2.75) is 6.54 Å². The summed E-state index contributed by atoms with van der Waals surface area (Å²) in [4.78, 5) is 16.4. The molecule has 0 aliphatic heterocycles. The van der Waals surface area contributed by atoms with Gasteiger partial charge in [-0.05, 0) is 48.5 Å². The highest BCUT2D eigenvalue weighted by molar-refractivity contribution is 6.03. The highest BCUT2D eigenvalue weighted by atomic mass is 16.3. The van der Waals surface area contributed by atoms with Crippen LogP contribution in [-0.2, 0) is 6.54 Å². The molecule has 118 valence electrons. The first-order valence-electron chi connectivity index (χ1n) is 7.28. The Morgan fingerprint density at radius 2 is 2.00 bits per heavy atom. The Morgan fingerprint density at radius 3 is 2.71 bits per heavy atom. The Bertz CT molecular complexity index is 865. The summed E-state index contributed by atoms with van der Waals surface area (Å²) in [6, 6.07) is 15.8. The number of rotatable bonds is 5. The molecule has 0 saturated heterocycles. The van der Waals surface area contributed by atoms with Gasteiger partial charge < -0.3 is 15.1 Å². The number of carbonyl (C=O) groups excluding carboxylic acids is 1. The van der Waals surface area contributed by atoms with Gasteiger partial charge in [-0.2, -0.15) is 5.26 Å². The van der Waals surface area contributed by atoms with E-state index in [-0.39, 0.29) is 5.91 Å². The highest BCUT2D eigenvalue weighted by Gasteiger charge is 2.09. The van der Waals surface area contributed by atoms with E-state index in [2.05, 4.69) is 15.6 Å². The fourth-order valence-corrected chi connectivity index (χ4v) is 2.09. The monoisotopic (exact) mass is 318 g/mol. The maximum atomic E-state index is 12.3. The van der Waals surface area contributed by atoms with Crippen molar-refractivity contribution in [1.82, 2.24) is 4.98 Å². The highest BCUT2D eigenvalue weighted by Crippen LogP contribution is 2.13. The standard InChI is InChI=1S/C18H14N4O2/c19-11-13-3-5-14(6-4-13)22-18(23)17-10-15(7-8-20-17)21-12-16-2-1-9-24-16/h1-10H,12H2,(H,20,21)(H,22,23). The number of nitrogens with zero attached hydrogens (tertiary/aromatic N) is 2. The molecule has 0 aliphatic rings. The van der Waals surface area contributed by atoms with Crippen molar-refractivity contribution in [3.8, 4) is 6.07 Å². The van der Waals surface area contributed by atoms with Gasteiger partial charge in [-0.25, -0.2) is 0 Å². The van der Waals surface area contributed by atoms with E-state index in [1.165, 1.54) is 0 Å². The number of amides is 1. The molecule has 2 N–H and O–H groups in total. The molecule has 0 saturated carbocycles. The van der Waals surface area contributed by atoms with E-state index in [1.807, 2.05) is 18.2 Å². The van der Waals surface area contributed by atoms with Crippen LogP contribution >= 0.6 is 0 Å². The maximum absolute atomic E-state index is 12.3. The first-order chi connectivity index (χ1) is 11.7. The third kappa shape index (κ3) is 3.78. The molecule has 0 radical (unpaired) electrons. The summed E-state index contributed by atoms with van der Waals surface area (Å²) < 4.78 is 5.25. The number of nitriles is 1. The van der Waals surface area contributed by atoms with Crippen molar-refractivity contribution in [2.24, 2.45) is 0 Å². The number of anilines is 2. The lowest BCUT2D eigenvalue weighted by atomic mass is 10.2. The lowest BCUT2D eigenvalue weighted by Crippen LogP contribution is -2.14. The van der Waals surface area contributed by atoms with Gasteiger partial charge in [0.2, 0.25) is 0 Å². The van der Waals surface area contributed by atoms with E-state index in [0.29, 0.717) is 23.5 Å². The van der Waals surface area contributed by atoms with Crippen LogP contribution in [0.3, 0.4) is 0 Å². The zero-order chi connectivity index (χ0) is 16.8. The molecule has 0 aliphatic carbocycles. The van der Waals surface area contributed by atoms with Crippen molar-refractivity contribution in [3.63, 3.8) is 0 Å². The lowest BCUT2D eigenvalue weighted by molar-refractivity contribution is 0.102. The Morgan fingerprint density at radius 1 is 1.17 bits per heavy atom. The largest absolute Gasteiger partial charge is 0.467 e. The molecule has 1 amide bonds. The second-order valence-corrected chi connectivity index (χ2v) is 5.01. The van der Waals surface area contributed by atoms with Crippen LogP contribution in [0.2, 0.25) is 0 Å². The first-order valence-corrected chi connectivity index (χ1v) is 7.28. The van der Waals surface area contributed by atoms with E-state index in [0.717, 1.165) is 11.4 Å². The number of hydrogen-bond acceptors (Lipinski definition) is 5. The number of nitrogens with one attached hydrogen (secondary N) is 2. The van der Waals surface area contributed by atoms with E-state index in [9.17, 15) is 4.79 Å². The minimum atomic E-state index is -0.318. The second-order valence-electron chi connectivity index (χ2n) is 5.01. The van der Waals surface area contributed by atoms with Crippen LogP contribution in [0.5, 0.6) is 0 Å². The Labute approximate surface area is 138 Å². The van der Waals surface area contributed by atoms with Crippen LogP contribution in [0, 0.1) is 11.3 Å². The average Bonchev–Trinajstić information content (AvgIpc) is 3.14. The van der Waals surface area contributed by atoms with Gasteiger partial charge in [-0.3, -0.25) is 9.78 Å². The molecule has 2 aromatic heterocycles. The summed E-state index contributed by atoms with van der Waals surface area (Å²) in [6.07, 6.45) is 3.18. The zero-order valence-corrected chi connectivity index (χ0v) is 12.7. The molecule has 0 bridgehead atoms. The Kier molecular flexibility index (Phi) is 4.54. The van der Waals surface area contributed by atoms with Gasteiger partial charge in [0.1, 0.15) is 11.5 Å². The fraction of sp³-hybridized carbons (Fsp3) is 0.0556. The lowest BCUT2D eigenvalue weighted by Gasteiger charge is -2.07. The average molecular weight is 318 g/mol. The SMILES string of the molecule is N#Cc1ccc(NC(=O)c2cc(NCc3ccco3)ccn2)cc1. The van der Waals surface area contributed by atoms with Crippen LogP contribution in [0.1, 0.15) is 21.8 Å². The van der Waals surface area contributed by atoms with Gasteiger partial charge in [-0.1, -0.05) is 0 Å². The second kappa shape index (κ2) is 7.11. The molecule has 24 heavy (non-hydrogen) atoms. The Hall–Kier alpha value is -3.59. The maximum Gasteiger partial charge on any atom is 0.274 e. The quantitative estimate of drug-likeness (QED) is 0.752. The summed E-state index contributed by atoms with van der Waals surface area (Å²) in [5, 5.41) is 14.7. The third-order valence-corrected chi connectivity index (χ3v) is 3.31. The van der Waals surface area contributed by atoms with Gasteiger partial charge in [0.05, 0.1) is 24.4 Å².